The van der Waals surface area contributed by atoms with Gasteiger partial charge in [-0.05, 0) is 38.5 Å². The van der Waals surface area contributed by atoms with Crippen LogP contribution in [0, 0.1) is 0 Å². The summed E-state index contributed by atoms with van der Waals surface area (Å²) >= 11 is 0. The minimum atomic E-state index is -0.572. The van der Waals surface area contributed by atoms with Gasteiger partial charge in [-0.1, -0.05) is 6.92 Å². The van der Waals surface area contributed by atoms with Gasteiger partial charge in [-0.3, -0.25) is 0 Å². The van der Waals surface area contributed by atoms with Crippen LogP contribution in [0.4, 0.5) is 5.69 Å². The first-order valence-corrected chi connectivity index (χ1v) is 6.00. The summed E-state index contributed by atoms with van der Waals surface area (Å²) < 4.78 is 2.10. The van der Waals surface area contributed by atoms with Gasteiger partial charge in [-0.15, -0.1) is 0 Å². The fraction of sp³-hybridized carbons (Fsp3) is 0.462. The lowest BCUT2D eigenvalue weighted by atomic mass is 10.2. The standard InChI is InChI=1S/C13H19N3O/c1-4-8(2)16-12-6-5-10(14)7-11(12)15-13(16)9(3)17/h5-9,17H,4,14H2,1-3H3. The van der Waals surface area contributed by atoms with Crippen molar-refractivity contribution in [1.82, 2.24) is 9.55 Å². The lowest BCUT2D eigenvalue weighted by Crippen LogP contribution is -2.10. The van der Waals surface area contributed by atoms with E-state index in [2.05, 4.69) is 23.4 Å². The van der Waals surface area contributed by atoms with E-state index in [-0.39, 0.29) is 0 Å². The summed E-state index contributed by atoms with van der Waals surface area (Å²) in [5, 5.41) is 9.80. The summed E-state index contributed by atoms with van der Waals surface area (Å²) in [6.07, 6.45) is 0.424. The zero-order chi connectivity index (χ0) is 12.6. The molecule has 0 bridgehead atoms. The molecule has 0 aliphatic heterocycles. The van der Waals surface area contributed by atoms with E-state index in [1.165, 1.54) is 0 Å². The van der Waals surface area contributed by atoms with Crippen molar-refractivity contribution < 1.29 is 5.11 Å². The average molecular weight is 233 g/mol. The average Bonchev–Trinajstić information content (AvgIpc) is 2.66. The highest BCUT2D eigenvalue weighted by Gasteiger charge is 2.17. The molecule has 3 N–H and O–H groups in total. The van der Waals surface area contributed by atoms with Crippen LogP contribution in [0.3, 0.4) is 0 Å². The van der Waals surface area contributed by atoms with Crippen LogP contribution in [-0.2, 0) is 0 Å². The van der Waals surface area contributed by atoms with Gasteiger partial charge >= 0.3 is 0 Å². The summed E-state index contributed by atoms with van der Waals surface area (Å²) in [6, 6.07) is 6.00. The van der Waals surface area contributed by atoms with Gasteiger partial charge in [0.1, 0.15) is 11.9 Å². The number of hydrogen-bond acceptors (Lipinski definition) is 3. The minimum absolute atomic E-state index is 0.313. The van der Waals surface area contributed by atoms with Crippen LogP contribution in [0.5, 0.6) is 0 Å². The van der Waals surface area contributed by atoms with E-state index < -0.39 is 6.10 Å². The van der Waals surface area contributed by atoms with Gasteiger partial charge in [0, 0.05) is 11.7 Å². The SMILES string of the molecule is CCC(C)n1c(C(C)O)nc2cc(N)ccc21. The third-order valence-electron chi connectivity index (χ3n) is 3.15. The quantitative estimate of drug-likeness (QED) is 0.801. The van der Waals surface area contributed by atoms with Crippen molar-refractivity contribution in [2.75, 3.05) is 5.73 Å². The van der Waals surface area contributed by atoms with Crippen LogP contribution in [0.15, 0.2) is 18.2 Å². The van der Waals surface area contributed by atoms with E-state index in [4.69, 9.17) is 5.73 Å². The first-order chi connectivity index (χ1) is 8.04. The van der Waals surface area contributed by atoms with Crippen LogP contribution in [0.2, 0.25) is 0 Å². The predicted molar refractivity (Wildman–Crippen MR) is 69.8 cm³/mol. The number of nitrogens with zero attached hydrogens (tertiary/aromatic N) is 2. The van der Waals surface area contributed by atoms with E-state index in [1.807, 2.05) is 18.2 Å². The molecule has 0 saturated carbocycles. The molecule has 1 heterocycles. The molecule has 2 rings (SSSR count). The van der Waals surface area contributed by atoms with Crippen molar-refractivity contribution in [1.29, 1.82) is 0 Å². The summed E-state index contributed by atoms with van der Waals surface area (Å²) in [6.45, 7) is 5.99. The molecule has 0 aliphatic carbocycles. The van der Waals surface area contributed by atoms with Crippen molar-refractivity contribution in [2.24, 2.45) is 0 Å². The molecule has 4 heteroatoms. The summed E-state index contributed by atoms with van der Waals surface area (Å²) in [5.41, 5.74) is 8.33. The van der Waals surface area contributed by atoms with E-state index in [0.717, 1.165) is 17.5 Å². The van der Waals surface area contributed by atoms with Gasteiger partial charge in [0.05, 0.1) is 11.0 Å². The van der Waals surface area contributed by atoms with E-state index in [9.17, 15) is 5.11 Å². The lowest BCUT2D eigenvalue weighted by Gasteiger charge is -2.17. The van der Waals surface area contributed by atoms with Gasteiger partial charge in [-0.2, -0.15) is 0 Å². The number of hydrogen-bond donors (Lipinski definition) is 2. The molecule has 0 saturated heterocycles. The Bertz CT molecular complexity index is 531. The summed E-state index contributed by atoms with van der Waals surface area (Å²) in [5.74, 6) is 0.708. The van der Waals surface area contributed by atoms with Gasteiger partial charge in [0.25, 0.3) is 0 Å². The maximum absolute atomic E-state index is 9.80. The minimum Gasteiger partial charge on any atom is -0.399 e. The Hall–Kier alpha value is -1.55. The van der Waals surface area contributed by atoms with Gasteiger partial charge in [-0.25, -0.2) is 4.98 Å². The number of fused-ring (bicyclic) bond motifs is 1. The maximum Gasteiger partial charge on any atom is 0.138 e. The highest BCUT2D eigenvalue weighted by Crippen LogP contribution is 2.27. The molecule has 0 radical (unpaired) electrons. The number of nitrogens with two attached hydrogens (primary N) is 1. The molecule has 2 aromatic rings. The Balaban J connectivity index is 2.71. The number of aromatic nitrogens is 2. The fourth-order valence-electron chi connectivity index (χ4n) is 2.07. The third-order valence-corrected chi connectivity index (χ3v) is 3.15. The van der Waals surface area contributed by atoms with Crippen molar-refractivity contribution in [3.8, 4) is 0 Å². The second kappa shape index (κ2) is 4.37. The van der Waals surface area contributed by atoms with Crippen LogP contribution < -0.4 is 5.73 Å². The van der Waals surface area contributed by atoms with Crippen molar-refractivity contribution in [2.45, 2.75) is 39.3 Å². The second-order valence-corrected chi connectivity index (χ2v) is 4.52. The monoisotopic (exact) mass is 233 g/mol. The molecule has 0 aliphatic rings. The van der Waals surface area contributed by atoms with E-state index >= 15 is 0 Å². The maximum atomic E-state index is 9.80. The largest absolute Gasteiger partial charge is 0.399 e. The summed E-state index contributed by atoms with van der Waals surface area (Å²) in [4.78, 5) is 4.47. The number of anilines is 1. The van der Waals surface area contributed by atoms with E-state index in [1.54, 1.807) is 6.92 Å². The fourth-order valence-corrected chi connectivity index (χ4v) is 2.07. The lowest BCUT2D eigenvalue weighted by molar-refractivity contribution is 0.182. The van der Waals surface area contributed by atoms with Crippen LogP contribution in [0.25, 0.3) is 11.0 Å². The number of rotatable bonds is 3. The van der Waals surface area contributed by atoms with Gasteiger partial charge < -0.3 is 15.4 Å². The number of benzene rings is 1. The molecule has 0 spiro atoms. The summed E-state index contributed by atoms with van der Waals surface area (Å²) in [7, 11) is 0. The number of aliphatic hydroxyl groups is 1. The molecule has 92 valence electrons. The van der Waals surface area contributed by atoms with Gasteiger partial charge in [0.2, 0.25) is 0 Å². The second-order valence-electron chi connectivity index (χ2n) is 4.52. The molecule has 1 aromatic heterocycles. The molecule has 2 atom stereocenters. The molecule has 17 heavy (non-hydrogen) atoms. The molecule has 4 nitrogen and oxygen atoms in total. The van der Waals surface area contributed by atoms with Crippen molar-refractivity contribution in [3.05, 3.63) is 24.0 Å². The van der Waals surface area contributed by atoms with Crippen molar-refractivity contribution in [3.63, 3.8) is 0 Å². The Labute approximate surface area is 101 Å². The first-order valence-electron chi connectivity index (χ1n) is 6.00. The third kappa shape index (κ3) is 2.00. The normalized spacial score (nSPS) is 15.1. The predicted octanol–water partition coefficient (Wildman–Crippen LogP) is 2.64. The van der Waals surface area contributed by atoms with Gasteiger partial charge in [0.15, 0.2) is 0 Å². The van der Waals surface area contributed by atoms with Crippen molar-refractivity contribution >= 4 is 16.7 Å². The van der Waals surface area contributed by atoms with Crippen LogP contribution >= 0.6 is 0 Å². The zero-order valence-corrected chi connectivity index (χ0v) is 10.5. The van der Waals surface area contributed by atoms with E-state index in [0.29, 0.717) is 17.6 Å². The Morgan fingerprint density at radius 2 is 2.12 bits per heavy atom. The number of aliphatic hydroxyl groups excluding tert-OH is 1. The molecular weight excluding hydrogens is 214 g/mol. The molecule has 2 unspecified atom stereocenters. The zero-order valence-electron chi connectivity index (χ0n) is 10.5. The Morgan fingerprint density at radius 1 is 1.41 bits per heavy atom. The Kier molecular flexibility index (Phi) is 3.07. The number of nitrogen functional groups attached to an aromatic ring is 1. The smallest absolute Gasteiger partial charge is 0.138 e. The Morgan fingerprint density at radius 3 is 2.71 bits per heavy atom. The van der Waals surface area contributed by atoms with Crippen LogP contribution in [-0.4, -0.2) is 14.7 Å². The van der Waals surface area contributed by atoms with Crippen LogP contribution in [0.1, 0.15) is 45.2 Å². The molecule has 1 aromatic carbocycles. The highest BCUT2D eigenvalue weighted by atomic mass is 16.3. The number of imidazole rings is 1. The molecular formula is C13H19N3O. The first kappa shape index (κ1) is 11.9. The highest BCUT2D eigenvalue weighted by molar-refractivity contribution is 5.79. The molecule has 0 fully saturated rings. The topological polar surface area (TPSA) is 64.1 Å². The molecule has 0 amide bonds.